The van der Waals surface area contributed by atoms with Crippen LogP contribution < -0.4 is 11.1 Å². The third kappa shape index (κ3) is 4.46. The highest BCUT2D eigenvalue weighted by Gasteiger charge is 2.12. The van der Waals surface area contributed by atoms with Crippen molar-refractivity contribution in [3.63, 3.8) is 0 Å². The fourth-order valence-corrected chi connectivity index (χ4v) is 1.38. The Kier molecular flexibility index (Phi) is 5.80. The summed E-state index contributed by atoms with van der Waals surface area (Å²) in [4.78, 5) is 8.41. The Balaban J connectivity index is 2.73. The second kappa shape index (κ2) is 7.13. The highest BCUT2D eigenvalue weighted by molar-refractivity contribution is 5.45. The number of nitrogens with zero attached hydrogens (tertiary/aromatic N) is 2. The lowest BCUT2D eigenvalue weighted by molar-refractivity contribution is 0.128. The van der Waals surface area contributed by atoms with Crippen molar-refractivity contribution < 1.29 is 9.84 Å². The van der Waals surface area contributed by atoms with E-state index in [1.165, 1.54) is 0 Å². The fraction of sp³-hybridized carbons (Fsp3) is 0.667. The summed E-state index contributed by atoms with van der Waals surface area (Å²) >= 11 is 0. The van der Waals surface area contributed by atoms with Gasteiger partial charge in [0.05, 0.1) is 0 Å². The standard InChI is InChI=1S/C12H22N4O2/c1-4-18-7-12-15-10(13)5-11(16-12)14-9(3)8(2)6-17/h5,8-9,17H,4,6-7H2,1-3H3,(H3,13,14,15,16). The molecule has 1 aromatic rings. The highest BCUT2D eigenvalue weighted by Crippen LogP contribution is 2.13. The number of rotatable bonds is 7. The van der Waals surface area contributed by atoms with Crippen molar-refractivity contribution in [2.24, 2.45) is 5.92 Å². The zero-order valence-electron chi connectivity index (χ0n) is 11.2. The summed E-state index contributed by atoms with van der Waals surface area (Å²) in [7, 11) is 0. The topological polar surface area (TPSA) is 93.3 Å². The van der Waals surface area contributed by atoms with Crippen molar-refractivity contribution in [2.45, 2.75) is 33.4 Å². The molecule has 0 aliphatic rings. The number of hydrogen-bond acceptors (Lipinski definition) is 6. The number of hydrogen-bond donors (Lipinski definition) is 3. The first kappa shape index (κ1) is 14.7. The van der Waals surface area contributed by atoms with Crippen LogP contribution in [-0.2, 0) is 11.3 Å². The minimum Gasteiger partial charge on any atom is -0.396 e. The van der Waals surface area contributed by atoms with Crippen LogP contribution in [0.25, 0.3) is 0 Å². The van der Waals surface area contributed by atoms with Crippen molar-refractivity contribution in [3.05, 3.63) is 11.9 Å². The van der Waals surface area contributed by atoms with E-state index in [0.29, 0.717) is 30.7 Å². The van der Waals surface area contributed by atoms with Crippen LogP contribution in [0.15, 0.2) is 6.07 Å². The molecule has 18 heavy (non-hydrogen) atoms. The molecule has 0 spiro atoms. The maximum absolute atomic E-state index is 9.09. The number of ether oxygens (including phenoxy) is 1. The molecule has 0 fully saturated rings. The SMILES string of the molecule is CCOCc1nc(N)cc(NC(C)C(C)CO)n1. The molecule has 0 aromatic carbocycles. The first-order chi connectivity index (χ1) is 8.56. The zero-order chi connectivity index (χ0) is 13.5. The van der Waals surface area contributed by atoms with E-state index in [4.69, 9.17) is 15.6 Å². The van der Waals surface area contributed by atoms with Gasteiger partial charge < -0.3 is 20.9 Å². The smallest absolute Gasteiger partial charge is 0.158 e. The minimum absolute atomic E-state index is 0.101. The molecule has 0 aliphatic carbocycles. The van der Waals surface area contributed by atoms with Crippen LogP contribution >= 0.6 is 0 Å². The van der Waals surface area contributed by atoms with E-state index in [0.717, 1.165) is 0 Å². The molecule has 1 rings (SSSR count). The number of aliphatic hydroxyl groups excluding tert-OH is 1. The van der Waals surface area contributed by atoms with Crippen LogP contribution in [0.1, 0.15) is 26.6 Å². The van der Waals surface area contributed by atoms with Gasteiger partial charge in [0.2, 0.25) is 0 Å². The normalized spacial score (nSPS) is 14.2. The average Bonchev–Trinajstić information content (AvgIpc) is 2.34. The molecule has 2 unspecified atom stereocenters. The van der Waals surface area contributed by atoms with Crippen molar-refractivity contribution >= 4 is 11.6 Å². The van der Waals surface area contributed by atoms with Gasteiger partial charge in [-0.3, -0.25) is 0 Å². The van der Waals surface area contributed by atoms with Gasteiger partial charge in [-0.05, 0) is 19.8 Å². The number of nitrogen functional groups attached to an aromatic ring is 1. The van der Waals surface area contributed by atoms with Crippen LogP contribution in [0.2, 0.25) is 0 Å². The fourth-order valence-electron chi connectivity index (χ4n) is 1.38. The van der Waals surface area contributed by atoms with E-state index in [1.54, 1.807) is 6.07 Å². The van der Waals surface area contributed by atoms with Gasteiger partial charge in [-0.1, -0.05) is 6.92 Å². The summed E-state index contributed by atoms with van der Waals surface area (Å²) in [6.07, 6.45) is 0. The molecule has 0 amide bonds. The van der Waals surface area contributed by atoms with Crippen LogP contribution in [0.5, 0.6) is 0 Å². The molecular weight excluding hydrogens is 232 g/mol. The Morgan fingerprint density at radius 3 is 2.78 bits per heavy atom. The van der Waals surface area contributed by atoms with Crippen molar-refractivity contribution in [1.29, 1.82) is 0 Å². The number of anilines is 2. The second-order valence-electron chi connectivity index (χ2n) is 4.32. The van der Waals surface area contributed by atoms with Crippen molar-refractivity contribution in [1.82, 2.24) is 9.97 Å². The Hall–Kier alpha value is -1.40. The summed E-state index contributed by atoms with van der Waals surface area (Å²) in [5.74, 6) is 1.76. The van der Waals surface area contributed by atoms with E-state index < -0.39 is 0 Å². The van der Waals surface area contributed by atoms with Gasteiger partial charge in [-0.25, -0.2) is 9.97 Å². The quantitative estimate of drug-likeness (QED) is 0.673. The lowest BCUT2D eigenvalue weighted by Gasteiger charge is -2.20. The molecule has 1 aromatic heterocycles. The van der Waals surface area contributed by atoms with Gasteiger partial charge in [0.15, 0.2) is 5.82 Å². The first-order valence-corrected chi connectivity index (χ1v) is 6.15. The van der Waals surface area contributed by atoms with Crippen molar-refractivity contribution in [3.8, 4) is 0 Å². The van der Waals surface area contributed by atoms with Gasteiger partial charge in [0.1, 0.15) is 18.2 Å². The summed E-state index contributed by atoms with van der Waals surface area (Å²) in [5, 5.41) is 12.3. The third-order valence-corrected chi connectivity index (χ3v) is 2.74. The van der Waals surface area contributed by atoms with Gasteiger partial charge >= 0.3 is 0 Å². The monoisotopic (exact) mass is 254 g/mol. The molecule has 2 atom stereocenters. The predicted octanol–water partition coefficient (Wildman–Crippen LogP) is 1.02. The van der Waals surface area contributed by atoms with E-state index in [2.05, 4.69) is 15.3 Å². The molecule has 0 saturated carbocycles. The van der Waals surface area contributed by atoms with Gasteiger partial charge in [0, 0.05) is 25.3 Å². The highest BCUT2D eigenvalue weighted by atomic mass is 16.5. The van der Waals surface area contributed by atoms with Gasteiger partial charge in [0.25, 0.3) is 0 Å². The summed E-state index contributed by atoms with van der Waals surface area (Å²) in [6.45, 7) is 6.95. The number of aliphatic hydroxyl groups is 1. The Bertz CT molecular complexity index is 373. The van der Waals surface area contributed by atoms with E-state index in [1.807, 2.05) is 20.8 Å². The zero-order valence-corrected chi connectivity index (χ0v) is 11.2. The molecule has 6 nitrogen and oxygen atoms in total. The van der Waals surface area contributed by atoms with E-state index in [-0.39, 0.29) is 18.6 Å². The second-order valence-corrected chi connectivity index (χ2v) is 4.32. The predicted molar refractivity (Wildman–Crippen MR) is 71.1 cm³/mol. The van der Waals surface area contributed by atoms with E-state index >= 15 is 0 Å². The third-order valence-electron chi connectivity index (χ3n) is 2.74. The first-order valence-electron chi connectivity index (χ1n) is 6.15. The van der Waals surface area contributed by atoms with Crippen LogP contribution in [0.3, 0.4) is 0 Å². The number of nitrogens with one attached hydrogen (secondary N) is 1. The molecule has 0 radical (unpaired) electrons. The summed E-state index contributed by atoms with van der Waals surface area (Å²) < 4.78 is 5.25. The molecule has 0 saturated heterocycles. The van der Waals surface area contributed by atoms with Gasteiger partial charge in [-0.2, -0.15) is 0 Å². The average molecular weight is 254 g/mol. The maximum atomic E-state index is 9.09. The largest absolute Gasteiger partial charge is 0.396 e. The molecule has 0 aliphatic heterocycles. The molecular formula is C12H22N4O2. The number of aromatic nitrogens is 2. The Morgan fingerprint density at radius 1 is 1.44 bits per heavy atom. The Labute approximate surface area is 108 Å². The lowest BCUT2D eigenvalue weighted by atomic mass is 10.1. The molecule has 1 heterocycles. The van der Waals surface area contributed by atoms with Crippen LogP contribution in [0.4, 0.5) is 11.6 Å². The maximum Gasteiger partial charge on any atom is 0.158 e. The van der Waals surface area contributed by atoms with Crippen LogP contribution in [0, 0.1) is 5.92 Å². The molecule has 6 heteroatoms. The molecule has 4 N–H and O–H groups in total. The van der Waals surface area contributed by atoms with Gasteiger partial charge in [-0.15, -0.1) is 0 Å². The summed E-state index contributed by atoms with van der Waals surface area (Å²) in [5.41, 5.74) is 5.72. The molecule has 0 bridgehead atoms. The Morgan fingerprint density at radius 2 is 2.17 bits per heavy atom. The van der Waals surface area contributed by atoms with E-state index in [9.17, 15) is 0 Å². The summed E-state index contributed by atoms with van der Waals surface area (Å²) in [6, 6.07) is 1.78. The van der Waals surface area contributed by atoms with Crippen LogP contribution in [-0.4, -0.2) is 34.3 Å². The minimum atomic E-state index is 0.101. The molecule has 102 valence electrons. The van der Waals surface area contributed by atoms with Crippen molar-refractivity contribution in [2.75, 3.05) is 24.3 Å². The number of nitrogens with two attached hydrogens (primary N) is 1. The lowest BCUT2D eigenvalue weighted by Crippen LogP contribution is -2.27.